The largest absolute Gasteiger partial charge is 0.378 e. The summed E-state index contributed by atoms with van der Waals surface area (Å²) in [6, 6.07) is 7.73. The average Bonchev–Trinajstić information content (AvgIpc) is 2.75. The molecule has 0 spiro atoms. The molecule has 4 aliphatic rings. The number of halogens is 2. The fourth-order valence-electron chi connectivity index (χ4n) is 4.97. The number of nitrogens with zero attached hydrogens (tertiary/aromatic N) is 2. The van der Waals surface area contributed by atoms with Gasteiger partial charge in [0.1, 0.15) is 5.69 Å². The van der Waals surface area contributed by atoms with Crippen LogP contribution < -0.4 is 5.32 Å². The second-order valence-corrected chi connectivity index (χ2v) is 8.37. The van der Waals surface area contributed by atoms with Crippen LogP contribution in [-0.4, -0.2) is 42.1 Å². The van der Waals surface area contributed by atoms with Gasteiger partial charge in [-0.25, -0.2) is 4.98 Å². The lowest BCUT2D eigenvalue weighted by Crippen LogP contribution is -2.42. The Morgan fingerprint density at radius 2 is 1.79 bits per heavy atom. The number of anilines is 2. The van der Waals surface area contributed by atoms with Gasteiger partial charge in [0.25, 0.3) is 5.91 Å². The number of carbonyl (C=O) groups excluding carboxylic acids is 1. The van der Waals surface area contributed by atoms with Gasteiger partial charge in [-0.2, -0.15) is 0 Å². The third-order valence-corrected chi connectivity index (χ3v) is 6.54. The van der Waals surface area contributed by atoms with Gasteiger partial charge in [-0.3, -0.25) is 4.79 Å². The van der Waals surface area contributed by atoms with Gasteiger partial charge in [0, 0.05) is 23.8 Å². The molecule has 1 saturated heterocycles. The van der Waals surface area contributed by atoms with Crippen molar-refractivity contribution >= 4 is 41.3 Å². The average molecular weight is 434 g/mol. The molecule has 1 N–H and O–H groups in total. The van der Waals surface area contributed by atoms with Gasteiger partial charge < -0.3 is 15.0 Å². The van der Waals surface area contributed by atoms with Crippen molar-refractivity contribution in [3.63, 3.8) is 0 Å². The quantitative estimate of drug-likeness (QED) is 0.728. The second kappa shape index (κ2) is 8.50. The van der Waals surface area contributed by atoms with E-state index in [9.17, 15) is 4.79 Å². The minimum atomic E-state index is 0. The van der Waals surface area contributed by atoms with Crippen LogP contribution in [0.2, 0.25) is 5.02 Å². The van der Waals surface area contributed by atoms with Crippen molar-refractivity contribution in [2.75, 3.05) is 31.6 Å². The third kappa shape index (κ3) is 3.83. The van der Waals surface area contributed by atoms with E-state index in [1.165, 1.54) is 24.0 Å². The Bertz CT molecular complexity index is 907. The van der Waals surface area contributed by atoms with E-state index in [1.54, 1.807) is 0 Å². The highest BCUT2D eigenvalue weighted by Gasteiger charge is 2.39. The van der Waals surface area contributed by atoms with E-state index in [0.29, 0.717) is 48.9 Å². The molecule has 0 atom stereocenters. The molecule has 1 saturated carbocycles. The number of aromatic nitrogens is 1. The molecular formula is C22H25Cl2N3O2. The highest BCUT2D eigenvalue weighted by atomic mass is 35.5. The molecule has 1 aromatic carbocycles. The maximum absolute atomic E-state index is 13.2. The second-order valence-electron chi connectivity index (χ2n) is 7.94. The predicted octanol–water partition coefficient (Wildman–Crippen LogP) is 5.13. The van der Waals surface area contributed by atoms with E-state index in [1.807, 2.05) is 35.4 Å². The number of fused-ring (bicyclic) bond motifs is 2. The summed E-state index contributed by atoms with van der Waals surface area (Å²) in [5.74, 6) is 0.996. The van der Waals surface area contributed by atoms with Crippen molar-refractivity contribution < 1.29 is 9.53 Å². The number of nitrogens with one attached hydrogen (secondary N) is 1. The molecule has 6 rings (SSSR count). The number of rotatable bonds is 3. The molecule has 154 valence electrons. The molecule has 1 amide bonds. The molecule has 2 heterocycles. The Labute approximate surface area is 182 Å². The van der Waals surface area contributed by atoms with Gasteiger partial charge in [0.15, 0.2) is 0 Å². The van der Waals surface area contributed by atoms with Crippen molar-refractivity contribution in [1.29, 1.82) is 0 Å². The van der Waals surface area contributed by atoms with Crippen molar-refractivity contribution in [3.05, 3.63) is 52.3 Å². The molecule has 29 heavy (non-hydrogen) atoms. The third-order valence-electron chi connectivity index (χ3n) is 6.31. The molecule has 2 fully saturated rings. The van der Waals surface area contributed by atoms with Crippen LogP contribution >= 0.6 is 24.0 Å². The SMILES string of the molecule is Cl.O=C(c1ncc(Nc2cccc(Cl)c2)c2c1C1CCC2CC1)N1CCOCC1. The zero-order valence-electron chi connectivity index (χ0n) is 16.2. The first kappa shape index (κ1) is 20.5. The summed E-state index contributed by atoms with van der Waals surface area (Å²) in [4.78, 5) is 19.8. The number of hydrogen-bond acceptors (Lipinski definition) is 4. The Hall–Kier alpha value is -1.82. The van der Waals surface area contributed by atoms with E-state index >= 15 is 0 Å². The Kier molecular flexibility index (Phi) is 6.00. The Morgan fingerprint density at radius 1 is 1.10 bits per heavy atom. The summed E-state index contributed by atoms with van der Waals surface area (Å²) >= 11 is 6.15. The van der Waals surface area contributed by atoms with E-state index in [0.717, 1.165) is 24.2 Å². The summed E-state index contributed by atoms with van der Waals surface area (Å²) in [7, 11) is 0. The lowest BCUT2D eigenvalue weighted by atomic mass is 9.66. The number of morpholine rings is 1. The van der Waals surface area contributed by atoms with Crippen LogP contribution in [0.3, 0.4) is 0 Å². The van der Waals surface area contributed by atoms with Gasteiger partial charge >= 0.3 is 0 Å². The summed E-state index contributed by atoms with van der Waals surface area (Å²) < 4.78 is 5.41. The molecule has 2 aromatic rings. The highest BCUT2D eigenvalue weighted by Crippen LogP contribution is 2.53. The number of amides is 1. The van der Waals surface area contributed by atoms with E-state index in [-0.39, 0.29) is 18.3 Å². The van der Waals surface area contributed by atoms with E-state index in [4.69, 9.17) is 16.3 Å². The first-order valence-electron chi connectivity index (χ1n) is 10.1. The molecule has 1 aliphatic heterocycles. The summed E-state index contributed by atoms with van der Waals surface area (Å²) in [5, 5.41) is 4.21. The fourth-order valence-corrected chi connectivity index (χ4v) is 5.16. The molecular weight excluding hydrogens is 409 g/mol. The minimum absolute atomic E-state index is 0. The zero-order valence-corrected chi connectivity index (χ0v) is 17.8. The highest BCUT2D eigenvalue weighted by molar-refractivity contribution is 6.30. The monoisotopic (exact) mass is 433 g/mol. The van der Waals surface area contributed by atoms with Gasteiger partial charge in [-0.15, -0.1) is 12.4 Å². The van der Waals surface area contributed by atoms with E-state index in [2.05, 4.69) is 10.3 Å². The number of pyridine rings is 1. The molecule has 5 nitrogen and oxygen atoms in total. The molecule has 0 unspecified atom stereocenters. The fraction of sp³-hybridized carbons (Fsp3) is 0.455. The van der Waals surface area contributed by atoms with Crippen LogP contribution in [0.15, 0.2) is 30.5 Å². The van der Waals surface area contributed by atoms with Gasteiger partial charge in [-0.1, -0.05) is 17.7 Å². The maximum Gasteiger partial charge on any atom is 0.272 e. The number of benzene rings is 1. The topological polar surface area (TPSA) is 54.5 Å². The van der Waals surface area contributed by atoms with Crippen molar-refractivity contribution in [2.24, 2.45) is 0 Å². The molecule has 3 aliphatic carbocycles. The first-order valence-corrected chi connectivity index (χ1v) is 10.5. The standard InChI is InChI=1S/C22H24ClN3O2.ClH/c23-16-2-1-3-17(12-16)25-18-13-24-21(22(27)26-8-10-28-11-9-26)20-15-6-4-14(5-7-15)19(18)20;/h1-3,12-15,25H,4-11H2;1H. The van der Waals surface area contributed by atoms with Gasteiger partial charge in [-0.05, 0) is 66.8 Å². The zero-order chi connectivity index (χ0) is 19.1. The van der Waals surface area contributed by atoms with Crippen molar-refractivity contribution in [1.82, 2.24) is 9.88 Å². The van der Waals surface area contributed by atoms with Crippen molar-refractivity contribution in [2.45, 2.75) is 37.5 Å². The van der Waals surface area contributed by atoms with Crippen LogP contribution in [0.1, 0.15) is 59.1 Å². The summed E-state index contributed by atoms with van der Waals surface area (Å²) in [5.41, 5.74) is 5.11. The molecule has 7 heteroatoms. The number of carbonyl (C=O) groups is 1. The Morgan fingerprint density at radius 3 is 2.48 bits per heavy atom. The van der Waals surface area contributed by atoms with Gasteiger partial charge in [0.05, 0.1) is 25.1 Å². The molecule has 2 bridgehead atoms. The van der Waals surface area contributed by atoms with Crippen LogP contribution in [-0.2, 0) is 4.74 Å². The van der Waals surface area contributed by atoms with Crippen molar-refractivity contribution in [3.8, 4) is 0 Å². The summed E-state index contributed by atoms with van der Waals surface area (Å²) in [6.45, 7) is 2.50. The van der Waals surface area contributed by atoms with Gasteiger partial charge in [0.2, 0.25) is 0 Å². The van der Waals surface area contributed by atoms with Crippen LogP contribution in [0.5, 0.6) is 0 Å². The van der Waals surface area contributed by atoms with E-state index < -0.39 is 0 Å². The lowest BCUT2D eigenvalue weighted by Gasteiger charge is -2.40. The normalized spacial score (nSPS) is 22.6. The smallest absolute Gasteiger partial charge is 0.272 e. The first-order chi connectivity index (χ1) is 13.7. The van der Waals surface area contributed by atoms with Crippen LogP contribution in [0.25, 0.3) is 0 Å². The summed E-state index contributed by atoms with van der Waals surface area (Å²) in [6.07, 6.45) is 6.54. The minimum Gasteiger partial charge on any atom is -0.378 e. The molecule has 0 radical (unpaired) electrons. The van der Waals surface area contributed by atoms with Crippen LogP contribution in [0, 0.1) is 0 Å². The maximum atomic E-state index is 13.2. The predicted molar refractivity (Wildman–Crippen MR) is 117 cm³/mol. The Balaban J connectivity index is 0.00000205. The number of ether oxygens (including phenoxy) is 1. The number of hydrogen-bond donors (Lipinski definition) is 1. The van der Waals surface area contributed by atoms with Crippen LogP contribution in [0.4, 0.5) is 11.4 Å². The molecule has 1 aromatic heterocycles. The lowest BCUT2D eigenvalue weighted by molar-refractivity contribution is 0.0297.